The molecule has 180 valence electrons. The zero-order chi connectivity index (χ0) is 24.1. The summed E-state index contributed by atoms with van der Waals surface area (Å²) in [6.45, 7) is 2.75. The molecule has 4 rings (SSSR count). The number of fused-ring (bicyclic) bond motifs is 2. The van der Waals surface area contributed by atoms with Gasteiger partial charge in [0.25, 0.3) is 5.91 Å². The van der Waals surface area contributed by atoms with Gasteiger partial charge < -0.3 is 25.0 Å². The molecule has 1 saturated heterocycles. The lowest BCUT2D eigenvalue weighted by molar-refractivity contribution is -0.134. The molecule has 2 aliphatic heterocycles. The Morgan fingerprint density at radius 1 is 1.09 bits per heavy atom. The minimum absolute atomic E-state index is 0.0330. The molecule has 2 N–H and O–H groups in total. The Morgan fingerprint density at radius 3 is 2.65 bits per heavy atom. The third kappa shape index (κ3) is 5.56. The van der Waals surface area contributed by atoms with Gasteiger partial charge in [0.1, 0.15) is 18.5 Å². The summed E-state index contributed by atoms with van der Waals surface area (Å²) in [7, 11) is 1.77. The van der Waals surface area contributed by atoms with Crippen molar-refractivity contribution >= 4 is 23.4 Å². The predicted molar refractivity (Wildman–Crippen MR) is 128 cm³/mol. The highest BCUT2D eigenvalue weighted by Crippen LogP contribution is 2.32. The van der Waals surface area contributed by atoms with Crippen LogP contribution in [-0.4, -0.2) is 61.1 Å². The van der Waals surface area contributed by atoms with Crippen LogP contribution in [0.2, 0.25) is 0 Å². The summed E-state index contributed by atoms with van der Waals surface area (Å²) in [6, 6.07) is 14.4. The van der Waals surface area contributed by atoms with Gasteiger partial charge >= 0.3 is 0 Å². The molecule has 0 saturated carbocycles. The van der Waals surface area contributed by atoms with Crippen LogP contribution in [0.1, 0.15) is 42.1 Å². The van der Waals surface area contributed by atoms with Crippen LogP contribution in [0.25, 0.3) is 0 Å². The number of rotatable bonds is 6. The molecule has 34 heavy (non-hydrogen) atoms. The molecule has 0 spiro atoms. The molecule has 8 heteroatoms. The van der Waals surface area contributed by atoms with E-state index in [1.807, 2.05) is 37.3 Å². The third-order valence-electron chi connectivity index (χ3n) is 6.29. The van der Waals surface area contributed by atoms with Crippen LogP contribution < -0.4 is 15.4 Å². The summed E-state index contributed by atoms with van der Waals surface area (Å²) in [6.07, 6.45) is 1.46. The number of nitrogens with zero attached hydrogens (tertiary/aromatic N) is 1. The van der Waals surface area contributed by atoms with Crippen LogP contribution >= 0.6 is 0 Å². The Hall–Kier alpha value is -3.39. The van der Waals surface area contributed by atoms with Crippen LogP contribution in [0.4, 0.5) is 5.69 Å². The first-order valence-corrected chi connectivity index (χ1v) is 11.7. The van der Waals surface area contributed by atoms with Crippen molar-refractivity contribution in [1.29, 1.82) is 0 Å². The smallest absolute Gasteiger partial charge is 0.257 e. The Morgan fingerprint density at radius 2 is 1.88 bits per heavy atom. The van der Waals surface area contributed by atoms with E-state index in [9.17, 15) is 14.4 Å². The number of benzene rings is 2. The SMILES string of the molecule is CCNC(=O)C[C@H]1CC[C@H]2[C@@H](COc3ccc(NC(=O)Cc4ccccc4)cc3C(=O)N2C)O1. The fourth-order valence-electron chi connectivity index (χ4n) is 4.57. The molecular formula is C26H31N3O5. The van der Waals surface area contributed by atoms with Gasteiger partial charge in [0, 0.05) is 19.3 Å². The van der Waals surface area contributed by atoms with Crippen LogP contribution in [0.15, 0.2) is 48.5 Å². The van der Waals surface area contributed by atoms with Crippen molar-refractivity contribution in [3.05, 3.63) is 59.7 Å². The molecule has 0 radical (unpaired) electrons. The molecule has 1 fully saturated rings. The average Bonchev–Trinajstić information content (AvgIpc) is 2.82. The Bertz CT molecular complexity index is 1040. The Labute approximate surface area is 199 Å². The maximum absolute atomic E-state index is 13.3. The maximum atomic E-state index is 13.3. The summed E-state index contributed by atoms with van der Waals surface area (Å²) < 4.78 is 12.2. The summed E-state index contributed by atoms with van der Waals surface area (Å²) >= 11 is 0. The van der Waals surface area contributed by atoms with Crippen molar-refractivity contribution in [1.82, 2.24) is 10.2 Å². The first-order valence-electron chi connectivity index (χ1n) is 11.7. The van der Waals surface area contributed by atoms with E-state index in [2.05, 4.69) is 10.6 Å². The average molecular weight is 466 g/mol. The van der Waals surface area contributed by atoms with Gasteiger partial charge in [-0.1, -0.05) is 30.3 Å². The van der Waals surface area contributed by atoms with E-state index in [4.69, 9.17) is 9.47 Å². The normalized spacial score (nSPS) is 21.9. The minimum atomic E-state index is -0.319. The van der Waals surface area contributed by atoms with Gasteiger partial charge in [-0.2, -0.15) is 0 Å². The van der Waals surface area contributed by atoms with Crippen molar-refractivity contribution in [2.75, 3.05) is 25.5 Å². The molecule has 0 unspecified atom stereocenters. The molecule has 3 amide bonds. The fourth-order valence-corrected chi connectivity index (χ4v) is 4.57. The van der Waals surface area contributed by atoms with E-state index in [0.717, 1.165) is 12.0 Å². The standard InChI is InChI=1S/C26H31N3O5/c1-3-27-24(30)15-19-10-11-21-23(34-19)16-33-22-12-9-18(14-20(22)26(32)29(21)2)28-25(31)13-17-7-5-4-6-8-17/h4-9,12,14,19,21,23H,3,10-11,13,15-16H2,1-2H3,(H,27,30)(H,28,31)/t19-,21+,23-/m1/s1. The molecule has 2 aromatic rings. The third-order valence-corrected chi connectivity index (χ3v) is 6.29. The molecule has 3 atom stereocenters. The summed E-state index contributed by atoms with van der Waals surface area (Å²) in [5, 5.41) is 5.68. The minimum Gasteiger partial charge on any atom is -0.490 e. The van der Waals surface area contributed by atoms with Crippen molar-refractivity contribution < 1.29 is 23.9 Å². The molecule has 0 aromatic heterocycles. The summed E-state index contributed by atoms with van der Waals surface area (Å²) in [5.41, 5.74) is 1.87. The maximum Gasteiger partial charge on any atom is 0.257 e. The van der Waals surface area contributed by atoms with Crippen LogP contribution in [0.3, 0.4) is 0 Å². The molecule has 0 aliphatic carbocycles. The summed E-state index contributed by atoms with van der Waals surface area (Å²) in [5.74, 6) is 0.0763. The zero-order valence-electron chi connectivity index (χ0n) is 19.6. The predicted octanol–water partition coefficient (Wildman–Crippen LogP) is 2.77. The number of likely N-dealkylation sites (N-methyl/N-ethyl adjacent to an activating group) is 1. The molecule has 2 aliphatic rings. The van der Waals surface area contributed by atoms with E-state index >= 15 is 0 Å². The van der Waals surface area contributed by atoms with Gasteiger partial charge in [-0.15, -0.1) is 0 Å². The lowest BCUT2D eigenvalue weighted by atomic mass is 9.94. The van der Waals surface area contributed by atoms with Gasteiger partial charge in [0.15, 0.2) is 0 Å². The molecular weight excluding hydrogens is 434 g/mol. The molecule has 0 bridgehead atoms. The first-order chi connectivity index (χ1) is 16.4. The largest absolute Gasteiger partial charge is 0.490 e. The van der Waals surface area contributed by atoms with Crippen LogP contribution in [0, 0.1) is 0 Å². The second-order valence-electron chi connectivity index (χ2n) is 8.75. The number of anilines is 1. The van der Waals surface area contributed by atoms with E-state index in [-0.39, 0.29) is 49.0 Å². The van der Waals surface area contributed by atoms with Gasteiger partial charge in [-0.05, 0) is 43.5 Å². The quantitative estimate of drug-likeness (QED) is 0.684. The second kappa shape index (κ2) is 10.7. The van der Waals surface area contributed by atoms with Crippen molar-refractivity contribution in [3.8, 4) is 5.75 Å². The van der Waals surface area contributed by atoms with Gasteiger partial charge in [0.2, 0.25) is 11.8 Å². The van der Waals surface area contributed by atoms with Crippen molar-refractivity contribution in [3.63, 3.8) is 0 Å². The highest BCUT2D eigenvalue weighted by atomic mass is 16.5. The van der Waals surface area contributed by atoms with E-state index in [0.29, 0.717) is 36.4 Å². The number of ether oxygens (including phenoxy) is 2. The van der Waals surface area contributed by atoms with Crippen molar-refractivity contribution in [2.45, 2.75) is 50.9 Å². The topological polar surface area (TPSA) is 97.0 Å². The van der Waals surface area contributed by atoms with Gasteiger partial charge in [-0.3, -0.25) is 14.4 Å². The van der Waals surface area contributed by atoms with Gasteiger partial charge in [-0.25, -0.2) is 0 Å². The lowest BCUT2D eigenvalue weighted by Gasteiger charge is -2.42. The number of carbonyl (C=O) groups is 3. The monoisotopic (exact) mass is 465 g/mol. The van der Waals surface area contributed by atoms with Crippen LogP contribution in [-0.2, 0) is 20.7 Å². The highest BCUT2D eigenvalue weighted by Gasteiger charge is 2.39. The number of nitrogens with one attached hydrogen (secondary N) is 2. The molecule has 2 aromatic carbocycles. The molecule has 8 nitrogen and oxygen atoms in total. The summed E-state index contributed by atoms with van der Waals surface area (Å²) in [4.78, 5) is 39.5. The second-order valence-corrected chi connectivity index (χ2v) is 8.75. The van der Waals surface area contributed by atoms with E-state index in [1.54, 1.807) is 30.1 Å². The zero-order valence-corrected chi connectivity index (χ0v) is 19.6. The number of hydrogen-bond donors (Lipinski definition) is 2. The fraction of sp³-hybridized carbons (Fsp3) is 0.423. The van der Waals surface area contributed by atoms with Crippen molar-refractivity contribution in [2.24, 2.45) is 0 Å². The highest BCUT2D eigenvalue weighted by molar-refractivity contribution is 6.00. The van der Waals surface area contributed by atoms with Gasteiger partial charge in [0.05, 0.1) is 30.6 Å². The van der Waals surface area contributed by atoms with E-state index < -0.39 is 0 Å². The molecule has 2 heterocycles. The number of carbonyl (C=O) groups excluding carboxylic acids is 3. The lowest BCUT2D eigenvalue weighted by Crippen LogP contribution is -2.54. The van der Waals surface area contributed by atoms with Crippen LogP contribution in [0.5, 0.6) is 5.75 Å². The Balaban J connectivity index is 1.45. The number of hydrogen-bond acceptors (Lipinski definition) is 5. The number of amides is 3. The first kappa shape index (κ1) is 23.8. The Kier molecular flexibility index (Phi) is 7.47. The van der Waals surface area contributed by atoms with E-state index in [1.165, 1.54) is 0 Å².